The normalized spacial score (nSPS) is 10.7. The number of carbonyl (C=O) groups excluding carboxylic acids is 1. The van der Waals surface area contributed by atoms with Crippen molar-refractivity contribution >= 4 is 17.5 Å². The summed E-state index contributed by atoms with van der Waals surface area (Å²) >= 11 is 5.95. The van der Waals surface area contributed by atoms with E-state index in [0.29, 0.717) is 23.0 Å². The Hall–Kier alpha value is -2.80. The van der Waals surface area contributed by atoms with Crippen molar-refractivity contribution in [2.24, 2.45) is 0 Å². The summed E-state index contributed by atoms with van der Waals surface area (Å²) in [6.45, 7) is 0.242. The summed E-state index contributed by atoms with van der Waals surface area (Å²) in [6.07, 6.45) is 0. The zero-order valence-electron chi connectivity index (χ0n) is 13.4. The summed E-state index contributed by atoms with van der Waals surface area (Å²) in [5.41, 5.74) is 1.43. The number of benzene rings is 2. The van der Waals surface area contributed by atoms with Crippen LogP contribution in [0, 0.1) is 5.82 Å². The molecule has 1 aromatic heterocycles. The molecule has 0 spiro atoms. The van der Waals surface area contributed by atoms with Crippen molar-refractivity contribution in [2.45, 2.75) is 13.1 Å². The maximum absolute atomic E-state index is 13.2. The maximum atomic E-state index is 13.2. The Balaban J connectivity index is 1.65. The molecule has 0 N–H and O–H groups in total. The Bertz CT molecular complexity index is 898. The van der Waals surface area contributed by atoms with Gasteiger partial charge in [-0.2, -0.15) is 4.80 Å². The molecule has 0 atom stereocenters. The van der Waals surface area contributed by atoms with Gasteiger partial charge in [-0.15, -0.1) is 10.2 Å². The maximum Gasteiger partial charge on any atom is 0.246 e. The van der Waals surface area contributed by atoms with Crippen molar-refractivity contribution in [3.05, 3.63) is 64.9 Å². The summed E-state index contributed by atoms with van der Waals surface area (Å²) in [5.74, 6) is -0.148. The lowest BCUT2D eigenvalue weighted by Gasteiger charge is -2.16. The zero-order chi connectivity index (χ0) is 17.8. The molecule has 0 radical (unpaired) electrons. The summed E-state index contributed by atoms with van der Waals surface area (Å²) in [6, 6.07) is 13.2. The number of aromatic nitrogens is 4. The number of rotatable bonds is 5. The molecule has 0 saturated heterocycles. The van der Waals surface area contributed by atoms with Crippen LogP contribution in [0.4, 0.5) is 4.39 Å². The van der Waals surface area contributed by atoms with E-state index in [1.165, 1.54) is 21.8 Å². The van der Waals surface area contributed by atoms with Gasteiger partial charge in [0.1, 0.15) is 12.4 Å². The molecule has 0 aliphatic carbocycles. The lowest BCUT2D eigenvalue weighted by atomic mass is 10.2. The molecule has 128 valence electrons. The van der Waals surface area contributed by atoms with Gasteiger partial charge < -0.3 is 4.90 Å². The highest BCUT2D eigenvalue weighted by Gasteiger charge is 2.13. The average molecular weight is 360 g/mol. The third-order valence-electron chi connectivity index (χ3n) is 3.55. The first-order chi connectivity index (χ1) is 12.0. The number of carbonyl (C=O) groups is 1. The van der Waals surface area contributed by atoms with Gasteiger partial charge in [0.05, 0.1) is 0 Å². The Kier molecular flexibility index (Phi) is 5.04. The van der Waals surface area contributed by atoms with Crippen molar-refractivity contribution < 1.29 is 9.18 Å². The molecule has 3 aromatic rings. The second-order valence-electron chi connectivity index (χ2n) is 5.53. The molecule has 0 aliphatic heterocycles. The molecule has 0 aliphatic rings. The van der Waals surface area contributed by atoms with Crippen LogP contribution >= 0.6 is 11.6 Å². The first kappa shape index (κ1) is 17.0. The molecule has 1 amide bonds. The van der Waals surface area contributed by atoms with Crippen molar-refractivity contribution in [2.75, 3.05) is 7.05 Å². The average Bonchev–Trinajstić information content (AvgIpc) is 3.03. The van der Waals surface area contributed by atoms with Crippen LogP contribution in [0.1, 0.15) is 5.56 Å². The van der Waals surface area contributed by atoms with Gasteiger partial charge in [0, 0.05) is 24.2 Å². The fourth-order valence-corrected chi connectivity index (χ4v) is 2.48. The van der Waals surface area contributed by atoms with E-state index in [0.717, 1.165) is 5.56 Å². The lowest BCUT2D eigenvalue weighted by Crippen LogP contribution is -2.30. The van der Waals surface area contributed by atoms with Gasteiger partial charge in [0.25, 0.3) is 0 Å². The first-order valence-electron chi connectivity index (χ1n) is 7.53. The second-order valence-corrected chi connectivity index (χ2v) is 5.97. The number of amides is 1. The molecular weight excluding hydrogens is 345 g/mol. The van der Waals surface area contributed by atoms with Gasteiger partial charge in [-0.05, 0) is 35.0 Å². The molecule has 6 nitrogen and oxygen atoms in total. The smallest absolute Gasteiger partial charge is 0.246 e. The van der Waals surface area contributed by atoms with E-state index in [2.05, 4.69) is 15.4 Å². The Morgan fingerprint density at radius 1 is 1.24 bits per heavy atom. The van der Waals surface area contributed by atoms with Crippen molar-refractivity contribution in [3.63, 3.8) is 0 Å². The van der Waals surface area contributed by atoms with Crippen LogP contribution in [0.2, 0.25) is 5.02 Å². The fourth-order valence-electron chi connectivity index (χ4n) is 2.29. The summed E-state index contributed by atoms with van der Waals surface area (Å²) in [7, 11) is 1.64. The highest BCUT2D eigenvalue weighted by atomic mass is 35.5. The van der Waals surface area contributed by atoms with E-state index in [1.807, 2.05) is 6.07 Å². The van der Waals surface area contributed by atoms with Gasteiger partial charge in [-0.25, -0.2) is 4.39 Å². The van der Waals surface area contributed by atoms with Crippen LogP contribution in [0.25, 0.3) is 11.4 Å². The van der Waals surface area contributed by atoms with Crippen LogP contribution in [0.3, 0.4) is 0 Å². The van der Waals surface area contributed by atoms with Crippen molar-refractivity contribution in [1.29, 1.82) is 0 Å². The van der Waals surface area contributed by atoms with Gasteiger partial charge in [-0.3, -0.25) is 4.79 Å². The number of nitrogens with zero attached hydrogens (tertiary/aromatic N) is 5. The van der Waals surface area contributed by atoms with E-state index < -0.39 is 0 Å². The first-order valence-corrected chi connectivity index (χ1v) is 7.91. The molecule has 0 unspecified atom stereocenters. The van der Waals surface area contributed by atoms with E-state index >= 15 is 0 Å². The number of likely N-dealkylation sites (N-methyl/N-ethyl adjacent to an activating group) is 1. The fraction of sp³-hybridized carbons (Fsp3) is 0.176. The topological polar surface area (TPSA) is 63.9 Å². The zero-order valence-corrected chi connectivity index (χ0v) is 14.2. The quantitative estimate of drug-likeness (QED) is 0.702. The van der Waals surface area contributed by atoms with E-state index in [1.54, 1.807) is 37.4 Å². The van der Waals surface area contributed by atoms with Crippen LogP contribution in [-0.4, -0.2) is 38.1 Å². The number of hydrogen-bond donors (Lipinski definition) is 0. The monoisotopic (exact) mass is 359 g/mol. The van der Waals surface area contributed by atoms with Gasteiger partial charge in [0.2, 0.25) is 11.7 Å². The highest BCUT2D eigenvalue weighted by molar-refractivity contribution is 6.30. The highest BCUT2D eigenvalue weighted by Crippen LogP contribution is 2.18. The number of halogens is 2. The summed E-state index contributed by atoms with van der Waals surface area (Å²) in [4.78, 5) is 15.0. The number of hydrogen-bond acceptors (Lipinski definition) is 4. The molecule has 0 bridgehead atoms. The van der Waals surface area contributed by atoms with Gasteiger partial charge >= 0.3 is 0 Å². The summed E-state index contributed by atoms with van der Waals surface area (Å²) in [5, 5.41) is 12.6. The minimum atomic E-state index is -0.331. The SMILES string of the molecule is CN(Cc1cccc(F)c1)C(=O)Cn1nnc(-c2cccc(Cl)c2)n1. The number of tetrazole rings is 1. The molecule has 0 fully saturated rings. The minimum absolute atomic E-state index is 0.0562. The largest absolute Gasteiger partial charge is 0.340 e. The van der Waals surface area contributed by atoms with Gasteiger partial charge in [-0.1, -0.05) is 35.9 Å². The molecule has 8 heteroatoms. The molecule has 25 heavy (non-hydrogen) atoms. The van der Waals surface area contributed by atoms with Crippen LogP contribution in [0.5, 0.6) is 0 Å². The third kappa shape index (κ3) is 4.39. The predicted molar refractivity (Wildman–Crippen MR) is 91.1 cm³/mol. The van der Waals surface area contributed by atoms with Crippen molar-refractivity contribution in [3.8, 4) is 11.4 Å². The molecular formula is C17H15ClFN5O. The molecule has 2 aromatic carbocycles. The second kappa shape index (κ2) is 7.40. The predicted octanol–water partition coefficient (Wildman–Crippen LogP) is 2.79. The van der Waals surface area contributed by atoms with Crippen LogP contribution in [0.15, 0.2) is 48.5 Å². The van der Waals surface area contributed by atoms with E-state index in [4.69, 9.17) is 11.6 Å². The van der Waals surface area contributed by atoms with E-state index in [9.17, 15) is 9.18 Å². The Morgan fingerprint density at radius 3 is 2.80 bits per heavy atom. The summed E-state index contributed by atoms with van der Waals surface area (Å²) < 4.78 is 13.2. The molecule has 3 rings (SSSR count). The van der Waals surface area contributed by atoms with Crippen LogP contribution < -0.4 is 0 Å². The van der Waals surface area contributed by atoms with E-state index in [-0.39, 0.29) is 18.3 Å². The Labute approximate surface area is 148 Å². The molecule has 0 saturated carbocycles. The van der Waals surface area contributed by atoms with Crippen LogP contribution in [-0.2, 0) is 17.9 Å². The minimum Gasteiger partial charge on any atom is -0.340 e. The lowest BCUT2D eigenvalue weighted by molar-refractivity contribution is -0.131. The third-order valence-corrected chi connectivity index (χ3v) is 3.78. The Morgan fingerprint density at radius 2 is 2.04 bits per heavy atom. The molecule has 1 heterocycles. The standard InChI is InChI=1S/C17H15ClFN5O/c1-23(10-12-4-2-7-15(19)8-12)16(25)11-24-21-17(20-22-24)13-5-3-6-14(18)9-13/h2-9H,10-11H2,1H3. The van der Waals surface area contributed by atoms with Crippen molar-refractivity contribution in [1.82, 2.24) is 25.1 Å². The van der Waals surface area contributed by atoms with Gasteiger partial charge in [0.15, 0.2) is 0 Å².